The van der Waals surface area contributed by atoms with Crippen molar-refractivity contribution in [2.24, 2.45) is 5.92 Å². The Hall–Kier alpha value is -3.64. The Balaban J connectivity index is 1.37. The minimum absolute atomic E-state index is 0.0403. The van der Waals surface area contributed by atoms with Crippen LogP contribution in [0.25, 0.3) is 0 Å². The van der Waals surface area contributed by atoms with Gasteiger partial charge in [0.25, 0.3) is 0 Å². The first kappa shape index (κ1) is 28.4. The lowest BCUT2D eigenvalue weighted by Crippen LogP contribution is -2.34. The van der Waals surface area contributed by atoms with Crippen LogP contribution < -0.4 is 14.8 Å². The first-order valence-corrected chi connectivity index (χ1v) is 13.9. The fourth-order valence-corrected chi connectivity index (χ4v) is 5.11. The van der Waals surface area contributed by atoms with E-state index in [-0.39, 0.29) is 23.7 Å². The van der Waals surface area contributed by atoms with Crippen molar-refractivity contribution < 1.29 is 19.1 Å². The van der Waals surface area contributed by atoms with Crippen LogP contribution in [0.15, 0.2) is 72.8 Å². The topological polar surface area (TPSA) is 67.9 Å². The van der Waals surface area contributed by atoms with Gasteiger partial charge in [-0.3, -0.25) is 9.59 Å². The van der Waals surface area contributed by atoms with E-state index in [4.69, 9.17) is 9.47 Å². The number of piperidine rings is 1. The van der Waals surface area contributed by atoms with E-state index in [9.17, 15) is 9.59 Å². The molecule has 3 aromatic rings. The second-order valence-corrected chi connectivity index (χ2v) is 10.6. The average Bonchev–Trinajstić information content (AvgIpc) is 2.96. The number of carbonyl (C=O) groups is 2. The first-order chi connectivity index (χ1) is 18.8. The highest BCUT2D eigenvalue weighted by atomic mass is 16.5. The Labute approximate surface area is 232 Å². The Bertz CT molecular complexity index is 1250. The molecule has 4 rings (SSSR count). The summed E-state index contributed by atoms with van der Waals surface area (Å²) in [4.78, 5) is 26.7. The summed E-state index contributed by atoms with van der Waals surface area (Å²) >= 11 is 0. The molecular weight excluding hydrogens is 488 g/mol. The molecule has 3 aromatic carbocycles. The highest BCUT2D eigenvalue weighted by Gasteiger charge is 2.23. The summed E-state index contributed by atoms with van der Waals surface area (Å²) in [6, 6.07) is 24.0. The van der Waals surface area contributed by atoms with Gasteiger partial charge in [0, 0.05) is 24.6 Å². The molecule has 0 spiro atoms. The Morgan fingerprint density at radius 2 is 1.72 bits per heavy atom. The summed E-state index contributed by atoms with van der Waals surface area (Å²) in [5.74, 6) is 1.66. The number of Topliss-reactive ketones (excluding diaryl/α,β-unsaturated/α-hetero) is 1. The lowest BCUT2D eigenvalue weighted by molar-refractivity contribution is -0.118. The molecule has 1 heterocycles. The van der Waals surface area contributed by atoms with Gasteiger partial charge in [0.2, 0.25) is 5.91 Å². The van der Waals surface area contributed by atoms with Crippen LogP contribution >= 0.6 is 0 Å². The van der Waals surface area contributed by atoms with Crippen molar-refractivity contribution in [2.45, 2.75) is 52.1 Å². The molecule has 1 atom stereocenters. The number of rotatable bonds is 11. The van der Waals surface area contributed by atoms with Gasteiger partial charge in [-0.1, -0.05) is 56.3 Å². The number of amides is 1. The monoisotopic (exact) mass is 528 g/mol. The second-order valence-electron chi connectivity index (χ2n) is 10.6. The number of nitrogens with one attached hydrogen (secondary N) is 1. The quantitative estimate of drug-likeness (QED) is 0.275. The van der Waals surface area contributed by atoms with Gasteiger partial charge in [0.05, 0.1) is 12.7 Å². The zero-order valence-corrected chi connectivity index (χ0v) is 23.5. The van der Waals surface area contributed by atoms with Gasteiger partial charge in [-0.2, -0.15) is 0 Å². The third-order valence-corrected chi connectivity index (χ3v) is 7.44. The molecule has 0 radical (unpaired) electrons. The van der Waals surface area contributed by atoms with E-state index in [0.717, 1.165) is 50.1 Å². The van der Waals surface area contributed by atoms with Gasteiger partial charge in [-0.15, -0.1) is 0 Å². The van der Waals surface area contributed by atoms with E-state index >= 15 is 0 Å². The van der Waals surface area contributed by atoms with Crippen LogP contribution in [0, 0.1) is 5.92 Å². The van der Waals surface area contributed by atoms with Crippen LogP contribution in [0.1, 0.15) is 73.5 Å². The molecule has 1 saturated heterocycles. The molecule has 1 N–H and O–H groups in total. The van der Waals surface area contributed by atoms with Crippen LogP contribution in [-0.4, -0.2) is 43.3 Å². The molecular formula is C33H40N2O4. The van der Waals surface area contributed by atoms with E-state index in [2.05, 4.69) is 34.5 Å². The minimum Gasteiger partial charge on any atom is -0.496 e. The Morgan fingerprint density at radius 1 is 0.974 bits per heavy atom. The zero-order chi connectivity index (χ0) is 27.8. The summed E-state index contributed by atoms with van der Waals surface area (Å²) in [6.45, 7) is 8.31. The largest absolute Gasteiger partial charge is 0.496 e. The Morgan fingerprint density at radius 3 is 2.38 bits per heavy atom. The van der Waals surface area contributed by atoms with E-state index in [0.29, 0.717) is 23.0 Å². The van der Waals surface area contributed by atoms with Crippen LogP contribution in [0.2, 0.25) is 0 Å². The summed E-state index contributed by atoms with van der Waals surface area (Å²) in [5.41, 5.74) is 3.81. The van der Waals surface area contributed by atoms with E-state index < -0.39 is 0 Å². The molecule has 1 unspecified atom stereocenters. The van der Waals surface area contributed by atoms with Crippen molar-refractivity contribution in [1.82, 2.24) is 4.90 Å². The summed E-state index contributed by atoms with van der Waals surface area (Å²) in [7, 11) is 1.57. The third kappa shape index (κ3) is 7.70. The molecule has 0 aliphatic carbocycles. The smallest absolute Gasteiger partial charge is 0.226 e. The fraction of sp³-hybridized carbons (Fsp3) is 0.394. The number of benzene rings is 3. The molecule has 1 fully saturated rings. The molecule has 1 aliphatic heterocycles. The lowest BCUT2D eigenvalue weighted by atomic mass is 9.89. The molecule has 6 nitrogen and oxygen atoms in total. The summed E-state index contributed by atoms with van der Waals surface area (Å²) < 4.78 is 11.8. The van der Waals surface area contributed by atoms with Crippen LogP contribution in [0.4, 0.5) is 5.69 Å². The lowest BCUT2D eigenvalue weighted by Gasteiger charge is -2.33. The van der Waals surface area contributed by atoms with Crippen molar-refractivity contribution in [3.8, 4) is 11.5 Å². The summed E-state index contributed by atoms with van der Waals surface area (Å²) in [5, 5.41) is 3.02. The molecule has 206 valence electrons. The van der Waals surface area contributed by atoms with Crippen molar-refractivity contribution in [1.29, 1.82) is 0 Å². The molecule has 1 aliphatic rings. The number of ether oxygens (including phenoxy) is 2. The molecule has 0 bridgehead atoms. The number of likely N-dealkylation sites (tertiary alicyclic amines) is 1. The first-order valence-electron chi connectivity index (χ1n) is 13.9. The number of anilines is 1. The third-order valence-electron chi connectivity index (χ3n) is 7.44. The maximum absolute atomic E-state index is 12.1. The predicted molar refractivity (Wildman–Crippen MR) is 156 cm³/mol. The number of nitrogens with zero attached hydrogens (tertiary/aromatic N) is 1. The highest BCUT2D eigenvalue weighted by molar-refractivity contribution is 5.97. The van der Waals surface area contributed by atoms with Crippen LogP contribution in [-0.2, 0) is 4.79 Å². The fourth-order valence-electron chi connectivity index (χ4n) is 5.11. The molecule has 0 aromatic heterocycles. The van der Waals surface area contributed by atoms with Gasteiger partial charge in [0.1, 0.15) is 17.6 Å². The number of hydrogen-bond donors (Lipinski definition) is 1. The average molecular weight is 529 g/mol. The van der Waals surface area contributed by atoms with Crippen molar-refractivity contribution in [2.75, 3.05) is 32.1 Å². The molecule has 39 heavy (non-hydrogen) atoms. The van der Waals surface area contributed by atoms with Crippen molar-refractivity contribution in [3.63, 3.8) is 0 Å². The van der Waals surface area contributed by atoms with Crippen molar-refractivity contribution >= 4 is 17.4 Å². The standard InChI is InChI=1S/C33H40N2O4/c1-23(2)33(37)34-28-12-8-11-27(21-28)25-15-18-35(19-16-25)20-17-31(26-9-6-5-7-10-26)39-29-13-14-32(38-4)30(22-29)24(3)36/h5-14,21-23,25,31H,15-20H2,1-4H3,(H,34,37). The van der Waals surface area contributed by atoms with E-state index in [1.165, 1.54) is 12.5 Å². The van der Waals surface area contributed by atoms with E-state index in [1.807, 2.05) is 50.2 Å². The van der Waals surface area contributed by atoms with Gasteiger partial charge < -0.3 is 19.7 Å². The molecule has 6 heteroatoms. The van der Waals surface area contributed by atoms with Crippen LogP contribution in [0.5, 0.6) is 11.5 Å². The van der Waals surface area contributed by atoms with Gasteiger partial charge >= 0.3 is 0 Å². The number of hydrogen-bond acceptors (Lipinski definition) is 5. The number of ketones is 1. The zero-order valence-electron chi connectivity index (χ0n) is 23.5. The highest BCUT2D eigenvalue weighted by Crippen LogP contribution is 2.32. The van der Waals surface area contributed by atoms with Crippen LogP contribution in [0.3, 0.4) is 0 Å². The number of methoxy groups -OCH3 is 1. The molecule has 0 saturated carbocycles. The maximum atomic E-state index is 12.1. The Kier molecular flexibility index (Phi) is 9.77. The van der Waals surface area contributed by atoms with Crippen molar-refractivity contribution in [3.05, 3.63) is 89.5 Å². The molecule has 1 amide bonds. The minimum atomic E-state index is -0.127. The summed E-state index contributed by atoms with van der Waals surface area (Å²) in [6.07, 6.45) is 2.88. The van der Waals surface area contributed by atoms with Gasteiger partial charge in [-0.25, -0.2) is 0 Å². The predicted octanol–water partition coefficient (Wildman–Crippen LogP) is 6.88. The van der Waals surface area contributed by atoms with E-state index in [1.54, 1.807) is 19.2 Å². The number of carbonyl (C=O) groups excluding carboxylic acids is 2. The van der Waals surface area contributed by atoms with Gasteiger partial charge in [0.15, 0.2) is 5.78 Å². The maximum Gasteiger partial charge on any atom is 0.226 e. The van der Waals surface area contributed by atoms with Gasteiger partial charge in [-0.05, 0) is 80.2 Å². The second kappa shape index (κ2) is 13.4. The SMILES string of the molecule is COc1ccc(OC(CCN2CCC(c3cccc(NC(=O)C(C)C)c3)CC2)c2ccccc2)cc1C(C)=O. The normalized spacial score (nSPS) is 15.1.